The molecule has 13 heteroatoms. The Balaban J connectivity index is 0.000000229. The Bertz CT molecular complexity index is 1320. The zero-order valence-electron chi connectivity index (χ0n) is 30.0. The predicted octanol–water partition coefficient (Wildman–Crippen LogP) is 4.38. The first kappa shape index (κ1) is 40.5. The Morgan fingerprint density at radius 1 is 0.667 bits per heavy atom. The van der Waals surface area contributed by atoms with Crippen molar-refractivity contribution in [1.82, 2.24) is 0 Å². The lowest BCUT2D eigenvalue weighted by atomic mass is 10.2. The fraction of sp³-hybridized carbons (Fsp3) is 0.579. The maximum Gasteiger partial charge on any atom is 0.338 e. The van der Waals surface area contributed by atoms with Gasteiger partial charge in [0.15, 0.2) is 11.6 Å². The van der Waals surface area contributed by atoms with Crippen LogP contribution in [-0.4, -0.2) is 127 Å². The van der Waals surface area contributed by atoms with E-state index in [1.165, 1.54) is 0 Å². The fourth-order valence-electron chi connectivity index (χ4n) is 4.95. The highest BCUT2D eigenvalue weighted by Gasteiger charge is 2.34. The van der Waals surface area contributed by atoms with E-state index in [0.29, 0.717) is 50.8 Å². The van der Waals surface area contributed by atoms with Crippen molar-refractivity contribution in [1.29, 1.82) is 0 Å². The van der Waals surface area contributed by atoms with Crippen LogP contribution < -0.4 is 0 Å². The van der Waals surface area contributed by atoms with Crippen molar-refractivity contribution >= 4 is 11.9 Å². The topological polar surface area (TPSA) is 139 Å². The van der Waals surface area contributed by atoms with Gasteiger partial charge in [-0.05, 0) is 52.0 Å². The quantitative estimate of drug-likeness (QED) is 0.0830. The Kier molecular flexibility index (Phi) is 16.5. The van der Waals surface area contributed by atoms with Gasteiger partial charge < -0.3 is 52.1 Å². The van der Waals surface area contributed by atoms with Crippen molar-refractivity contribution in [2.75, 3.05) is 72.7 Å². The molecule has 2 aromatic carbocycles. The SMILES string of the molecule is C=CCOCC(COCC1COC(C)(C)O1)OC(=O)c1ccccc1.CC1(C)OCC(COCC(COCC2CO2)OC(=O)c2ccccc2)O1. The second-order valence-corrected chi connectivity index (χ2v) is 13.1. The number of esters is 2. The molecule has 0 aliphatic carbocycles. The minimum Gasteiger partial charge on any atom is -0.454 e. The van der Waals surface area contributed by atoms with E-state index < -0.39 is 35.7 Å². The van der Waals surface area contributed by atoms with Crippen molar-refractivity contribution in [2.45, 2.75) is 69.8 Å². The zero-order valence-corrected chi connectivity index (χ0v) is 30.0. The summed E-state index contributed by atoms with van der Waals surface area (Å²) in [4.78, 5) is 24.5. The maximum atomic E-state index is 12.3. The fourth-order valence-corrected chi connectivity index (χ4v) is 4.95. The molecule has 3 fully saturated rings. The van der Waals surface area contributed by atoms with Crippen LogP contribution in [0.4, 0.5) is 0 Å². The van der Waals surface area contributed by atoms with E-state index in [4.69, 9.17) is 52.1 Å². The summed E-state index contributed by atoms with van der Waals surface area (Å²) in [5, 5.41) is 0. The first-order valence-electron chi connectivity index (χ1n) is 17.2. The molecule has 3 aliphatic heterocycles. The van der Waals surface area contributed by atoms with Crippen LogP contribution in [-0.2, 0) is 52.1 Å². The van der Waals surface area contributed by atoms with Crippen LogP contribution in [0.5, 0.6) is 0 Å². The van der Waals surface area contributed by atoms with Gasteiger partial charge in [0.05, 0.1) is 83.8 Å². The molecule has 51 heavy (non-hydrogen) atoms. The lowest BCUT2D eigenvalue weighted by Crippen LogP contribution is -2.31. The molecule has 5 atom stereocenters. The molecule has 0 aromatic heterocycles. The molecular formula is C38H52O13. The number of benzene rings is 2. The molecule has 5 rings (SSSR count). The Hall–Kier alpha value is -3.24. The molecule has 3 saturated heterocycles. The second-order valence-electron chi connectivity index (χ2n) is 13.1. The zero-order chi connectivity index (χ0) is 36.5. The highest BCUT2D eigenvalue weighted by molar-refractivity contribution is 5.89. The van der Waals surface area contributed by atoms with Gasteiger partial charge in [-0.15, -0.1) is 6.58 Å². The third-order valence-corrected chi connectivity index (χ3v) is 7.47. The molecule has 0 radical (unpaired) electrons. The Labute approximate surface area is 300 Å². The number of ether oxygens (including phenoxy) is 11. The molecule has 0 bridgehead atoms. The van der Waals surface area contributed by atoms with E-state index in [0.717, 1.165) is 6.61 Å². The largest absolute Gasteiger partial charge is 0.454 e. The van der Waals surface area contributed by atoms with Crippen molar-refractivity contribution in [3.63, 3.8) is 0 Å². The minimum absolute atomic E-state index is 0.128. The van der Waals surface area contributed by atoms with Gasteiger partial charge in [-0.1, -0.05) is 42.5 Å². The summed E-state index contributed by atoms with van der Waals surface area (Å²) in [5.41, 5.74) is 0.989. The summed E-state index contributed by atoms with van der Waals surface area (Å²) in [6.07, 6.45) is 0.529. The Morgan fingerprint density at radius 2 is 1.06 bits per heavy atom. The van der Waals surface area contributed by atoms with E-state index in [1.54, 1.807) is 54.6 Å². The molecular weight excluding hydrogens is 664 g/mol. The van der Waals surface area contributed by atoms with E-state index >= 15 is 0 Å². The van der Waals surface area contributed by atoms with Gasteiger partial charge in [0, 0.05) is 0 Å². The molecule has 282 valence electrons. The van der Waals surface area contributed by atoms with Gasteiger partial charge >= 0.3 is 11.9 Å². The summed E-state index contributed by atoms with van der Waals surface area (Å²) >= 11 is 0. The van der Waals surface area contributed by atoms with Gasteiger partial charge in [-0.3, -0.25) is 0 Å². The summed E-state index contributed by atoms with van der Waals surface area (Å²) in [7, 11) is 0. The molecule has 3 aliphatic rings. The normalized spacial score (nSPS) is 22.6. The van der Waals surface area contributed by atoms with Crippen LogP contribution in [0.3, 0.4) is 0 Å². The highest BCUT2D eigenvalue weighted by atomic mass is 16.8. The molecule has 0 saturated carbocycles. The van der Waals surface area contributed by atoms with Crippen LogP contribution >= 0.6 is 0 Å². The monoisotopic (exact) mass is 716 g/mol. The first-order valence-corrected chi connectivity index (χ1v) is 17.2. The van der Waals surface area contributed by atoms with Gasteiger partial charge in [0.25, 0.3) is 0 Å². The summed E-state index contributed by atoms with van der Waals surface area (Å²) in [5.74, 6) is -1.97. The number of carbonyl (C=O) groups is 2. The Morgan fingerprint density at radius 3 is 1.41 bits per heavy atom. The van der Waals surface area contributed by atoms with E-state index in [1.807, 2.05) is 39.8 Å². The number of rotatable bonds is 20. The minimum atomic E-state index is -0.583. The van der Waals surface area contributed by atoms with Crippen LogP contribution in [0.15, 0.2) is 73.3 Å². The predicted molar refractivity (Wildman–Crippen MR) is 184 cm³/mol. The van der Waals surface area contributed by atoms with Crippen LogP contribution in [0.25, 0.3) is 0 Å². The van der Waals surface area contributed by atoms with Crippen molar-refractivity contribution in [3.8, 4) is 0 Å². The van der Waals surface area contributed by atoms with E-state index in [2.05, 4.69) is 6.58 Å². The molecule has 0 N–H and O–H groups in total. The third-order valence-electron chi connectivity index (χ3n) is 7.47. The van der Waals surface area contributed by atoms with Gasteiger partial charge in [-0.2, -0.15) is 0 Å². The van der Waals surface area contributed by atoms with Gasteiger partial charge in [-0.25, -0.2) is 9.59 Å². The van der Waals surface area contributed by atoms with E-state index in [-0.39, 0.29) is 44.7 Å². The van der Waals surface area contributed by atoms with Crippen LogP contribution in [0, 0.1) is 0 Å². The van der Waals surface area contributed by atoms with Crippen molar-refractivity contribution in [3.05, 3.63) is 84.4 Å². The average Bonchev–Trinajstić information content (AvgIpc) is 3.78. The maximum absolute atomic E-state index is 12.3. The first-order chi connectivity index (χ1) is 24.5. The average molecular weight is 717 g/mol. The molecule has 3 heterocycles. The second kappa shape index (κ2) is 20.7. The van der Waals surface area contributed by atoms with Gasteiger partial charge in [0.2, 0.25) is 0 Å². The van der Waals surface area contributed by atoms with Crippen LogP contribution in [0.2, 0.25) is 0 Å². The summed E-state index contributed by atoms with van der Waals surface area (Å²) in [6.45, 7) is 15.3. The molecule has 0 spiro atoms. The number of hydrogen-bond donors (Lipinski definition) is 0. The molecule has 2 aromatic rings. The lowest BCUT2D eigenvalue weighted by molar-refractivity contribution is -0.147. The van der Waals surface area contributed by atoms with Crippen molar-refractivity contribution < 1.29 is 61.7 Å². The van der Waals surface area contributed by atoms with E-state index in [9.17, 15) is 9.59 Å². The summed E-state index contributed by atoms with van der Waals surface area (Å²) in [6, 6.07) is 17.7. The summed E-state index contributed by atoms with van der Waals surface area (Å²) < 4.78 is 60.8. The standard InChI is InChI=1S/C19H26O7.C19H26O6/c1-19(2)24-13-17(26-19)11-22-10-16(9-21-8-15-12-23-15)25-18(20)14-6-4-3-5-7-14;1-4-10-21-11-16(24-18(20)15-8-6-5-7-9-15)12-22-13-17-14-23-19(2,3)25-17/h3-7,15-17H,8-13H2,1-2H3;4-9,16-17H,1,10-14H2,2-3H3. The smallest absolute Gasteiger partial charge is 0.338 e. The number of epoxide rings is 1. The molecule has 13 nitrogen and oxygen atoms in total. The molecule has 0 amide bonds. The third kappa shape index (κ3) is 15.9. The number of hydrogen-bond acceptors (Lipinski definition) is 13. The van der Waals surface area contributed by atoms with Crippen LogP contribution in [0.1, 0.15) is 48.4 Å². The lowest BCUT2D eigenvalue weighted by Gasteiger charge is -2.20. The van der Waals surface area contributed by atoms with Crippen molar-refractivity contribution in [2.24, 2.45) is 0 Å². The number of carbonyl (C=O) groups excluding carboxylic acids is 2. The van der Waals surface area contributed by atoms with Gasteiger partial charge in [0.1, 0.15) is 30.5 Å². The highest BCUT2D eigenvalue weighted by Crippen LogP contribution is 2.23. The molecule has 5 unspecified atom stereocenters.